The fraction of sp³-hybridized carbons (Fsp3) is 0.391. The van der Waals surface area contributed by atoms with Gasteiger partial charge in [-0.05, 0) is 51.1 Å². The molecule has 29 heavy (non-hydrogen) atoms. The molecule has 6 nitrogen and oxygen atoms in total. The van der Waals surface area contributed by atoms with Crippen molar-refractivity contribution >= 4 is 22.6 Å². The van der Waals surface area contributed by atoms with Gasteiger partial charge in [-0.1, -0.05) is 17.7 Å². The summed E-state index contributed by atoms with van der Waals surface area (Å²) in [5, 5.41) is 3.00. The molecular formula is C23H28N4O2. The molecule has 0 unspecified atom stereocenters. The molecule has 3 aromatic rings. The van der Waals surface area contributed by atoms with Crippen LogP contribution in [0.2, 0.25) is 0 Å². The van der Waals surface area contributed by atoms with Crippen molar-refractivity contribution in [3.63, 3.8) is 0 Å². The minimum Gasteiger partial charge on any atom is -0.379 e. The van der Waals surface area contributed by atoms with Gasteiger partial charge in [0.05, 0.1) is 30.8 Å². The predicted octanol–water partition coefficient (Wildman–Crippen LogP) is 4.01. The van der Waals surface area contributed by atoms with Crippen LogP contribution in [0.3, 0.4) is 0 Å². The second-order valence-electron chi connectivity index (χ2n) is 7.91. The average molecular weight is 393 g/mol. The molecule has 0 bridgehead atoms. The van der Waals surface area contributed by atoms with Crippen LogP contribution in [0, 0.1) is 6.92 Å². The molecule has 1 aromatic heterocycles. The molecule has 1 aliphatic rings. The molecule has 1 saturated heterocycles. The van der Waals surface area contributed by atoms with E-state index in [9.17, 15) is 4.79 Å². The number of ether oxygens (including phenoxy) is 1. The van der Waals surface area contributed by atoms with E-state index >= 15 is 0 Å². The number of benzene rings is 2. The SMILES string of the molecule is Cc1cccc(C(=O)Nc2ccc3c(c2)nc(CN2CCOCC2)n3C(C)C)c1. The van der Waals surface area contributed by atoms with Crippen LogP contribution in [0.4, 0.5) is 5.69 Å². The van der Waals surface area contributed by atoms with Crippen molar-refractivity contribution in [3.8, 4) is 0 Å². The number of hydrogen-bond donors (Lipinski definition) is 1. The van der Waals surface area contributed by atoms with E-state index in [1.807, 2.05) is 43.3 Å². The first kappa shape index (κ1) is 19.6. The summed E-state index contributed by atoms with van der Waals surface area (Å²) in [6.45, 7) is 10.6. The number of carbonyl (C=O) groups is 1. The minimum atomic E-state index is -0.107. The summed E-state index contributed by atoms with van der Waals surface area (Å²) in [7, 11) is 0. The first-order chi connectivity index (χ1) is 14.0. The zero-order chi connectivity index (χ0) is 20.4. The third-order valence-corrected chi connectivity index (χ3v) is 5.29. The van der Waals surface area contributed by atoms with Gasteiger partial charge < -0.3 is 14.6 Å². The Labute approximate surface area is 171 Å². The molecule has 0 saturated carbocycles. The molecule has 1 fully saturated rings. The summed E-state index contributed by atoms with van der Waals surface area (Å²) >= 11 is 0. The van der Waals surface area contributed by atoms with Crippen molar-refractivity contribution in [2.24, 2.45) is 0 Å². The number of aryl methyl sites for hydroxylation is 1. The van der Waals surface area contributed by atoms with Crippen LogP contribution in [0.25, 0.3) is 11.0 Å². The number of fused-ring (bicyclic) bond motifs is 1. The Kier molecular flexibility index (Phi) is 5.65. The maximum absolute atomic E-state index is 12.6. The highest BCUT2D eigenvalue weighted by Crippen LogP contribution is 2.25. The standard InChI is InChI=1S/C23H28N4O2/c1-16(2)27-21-8-7-19(24-23(28)18-6-4-5-17(3)13-18)14-20(21)25-22(27)15-26-9-11-29-12-10-26/h4-8,13-14,16H,9-12,15H2,1-3H3,(H,24,28). The first-order valence-electron chi connectivity index (χ1n) is 10.2. The zero-order valence-corrected chi connectivity index (χ0v) is 17.3. The Hall–Kier alpha value is -2.70. The Morgan fingerprint density at radius 1 is 1.17 bits per heavy atom. The van der Waals surface area contributed by atoms with E-state index in [0.717, 1.165) is 61.0 Å². The lowest BCUT2D eigenvalue weighted by Gasteiger charge is -2.27. The van der Waals surface area contributed by atoms with Gasteiger partial charge >= 0.3 is 0 Å². The van der Waals surface area contributed by atoms with Crippen molar-refractivity contribution in [2.75, 3.05) is 31.6 Å². The van der Waals surface area contributed by atoms with E-state index in [1.165, 1.54) is 0 Å². The topological polar surface area (TPSA) is 59.4 Å². The maximum atomic E-state index is 12.6. The summed E-state index contributed by atoms with van der Waals surface area (Å²) in [5.74, 6) is 0.948. The quantitative estimate of drug-likeness (QED) is 0.713. The normalized spacial score (nSPS) is 15.2. The molecule has 0 radical (unpaired) electrons. The molecule has 2 aromatic carbocycles. The molecule has 2 heterocycles. The summed E-state index contributed by atoms with van der Waals surface area (Å²) in [4.78, 5) is 19.9. The second kappa shape index (κ2) is 8.35. The van der Waals surface area contributed by atoms with Gasteiger partial charge in [0.25, 0.3) is 5.91 Å². The molecule has 4 rings (SSSR count). The van der Waals surface area contributed by atoms with Crippen LogP contribution in [-0.2, 0) is 11.3 Å². The van der Waals surface area contributed by atoms with Gasteiger partial charge in [-0.2, -0.15) is 0 Å². The lowest BCUT2D eigenvalue weighted by molar-refractivity contribution is 0.0325. The molecule has 1 aliphatic heterocycles. The largest absolute Gasteiger partial charge is 0.379 e. The Balaban J connectivity index is 1.60. The van der Waals surface area contributed by atoms with Crippen molar-refractivity contribution in [2.45, 2.75) is 33.4 Å². The lowest BCUT2D eigenvalue weighted by Crippen LogP contribution is -2.36. The van der Waals surface area contributed by atoms with Crippen LogP contribution in [0.1, 0.15) is 41.6 Å². The monoisotopic (exact) mass is 392 g/mol. The number of anilines is 1. The number of aromatic nitrogens is 2. The van der Waals surface area contributed by atoms with E-state index in [1.54, 1.807) is 0 Å². The lowest BCUT2D eigenvalue weighted by atomic mass is 10.1. The number of nitrogens with zero attached hydrogens (tertiary/aromatic N) is 3. The van der Waals surface area contributed by atoms with E-state index in [-0.39, 0.29) is 5.91 Å². The van der Waals surface area contributed by atoms with Crippen LogP contribution < -0.4 is 5.32 Å². The van der Waals surface area contributed by atoms with Gasteiger partial charge in [-0.25, -0.2) is 4.98 Å². The highest BCUT2D eigenvalue weighted by molar-refractivity contribution is 6.05. The fourth-order valence-electron chi connectivity index (χ4n) is 3.86. The average Bonchev–Trinajstić information content (AvgIpc) is 3.06. The van der Waals surface area contributed by atoms with E-state index in [2.05, 4.69) is 34.7 Å². The van der Waals surface area contributed by atoms with Crippen molar-refractivity contribution in [1.29, 1.82) is 0 Å². The number of rotatable bonds is 5. The minimum absolute atomic E-state index is 0.107. The number of nitrogens with one attached hydrogen (secondary N) is 1. The predicted molar refractivity (Wildman–Crippen MR) is 115 cm³/mol. The summed E-state index contributed by atoms with van der Waals surface area (Å²) in [5.41, 5.74) is 4.48. The van der Waals surface area contributed by atoms with E-state index < -0.39 is 0 Å². The molecule has 1 N–H and O–H groups in total. The zero-order valence-electron chi connectivity index (χ0n) is 17.3. The fourth-order valence-corrected chi connectivity index (χ4v) is 3.86. The number of amides is 1. The number of carbonyl (C=O) groups excluding carboxylic acids is 1. The molecule has 1 amide bonds. The summed E-state index contributed by atoms with van der Waals surface area (Å²) in [6, 6.07) is 13.9. The van der Waals surface area contributed by atoms with Crippen molar-refractivity contribution < 1.29 is 9.53 Å². The molecular weight excluding hydrogens is 364 g/mol. The van der Waals surface area contributed by atoms with E-state index in [0.29, 0.717) is 11.6 Å². The van der Waals surface area contributed by atoms with Gasteiger partial charge in [0.15, 0.2) is 0 Å². The highest BCUT2D eigenvalue weighted by Gasteiger charge is 2.18. The van der Waals surface area contributed by atoms with Gasteiger partial charge in [-0.15, -0.1) is 0 Å². The molecule has 0 aliphatic carbocycles. The summed E-state index contributed by atoms with van der Waals surface area (Å²) < 4.78 is 7.75. The van der Waals surface area contributed by atoms with Gasteiger partial charge in [0.2, 0.25) is 0 Å². The smallest absolute Gasteiger partial charge is 0.255 e. The van der Waals surface area contributed by atoms with Crippen molar-refractivity contribution in [3.05, 3.63) is 59.4 Å². The maximum Gasteiger partial charge on any atom is 0.255 e. The molecule has 6 heteroatoms. The van der Waals surface area contributed by atoms with Crippen LogP contribution >= 0.6 is 0 Å². The third kappa shape index (κ3) is 4.33. The summed E-state index contributed by atoms with van der Waals surface area (Å²) in [6.07, 6.45) is 0. The molecule has 0 atom stereocenters. The highest BCUT2D eigenvalue weighted by atomic mass is 16.5. The van der Waals surface area contributed by atoms with Crippen molar-refractivity contribution in [1.82, 2.24) is 14.5 Å². The first-order valence-corrected chi connectivity index (χ1v) is 10.2. The third-order valence-electron chi connectivity index (χ3n) is 5.29. The molecule has 152 valence electrons. The second-order valence-corrected chi connectivity index (χ2v) is 7.91. The Morgan fingerprint density at radius 3 is 2.69 bits per heavy atom. The number of morpholine rings is 1. The van der Waals surface area contributed by atoms with Gasteiger partial charge in [0.1, 0.15) is 5.82 Å². The molecule has 0 spiro atoms. The van der Waals surface area contributed by atoms with Gasteiger partial charge in [0, 0.05) is 30.4 Å². The van der Waals surface area contributed by atoms with Crippen LogP contribution in [-0.4, -0.2) is 46.7 Å². The number of hydrogen-bond acceptors (Lipinski definition) is 4. The number of imidazole rings is 1. The Morgan fingerprint density at radius 2 is 1.97 bits per heavy atom. The van der Waals surface area contributed by atoms with Crippen LogP contribution in [0.5, 0.6) is 0 Å². The van der Waals surface area contributed by atoms with Crippen LogP contribution in [0.15, 0.2) is 42.5 Å². The Bertz CT molecular complexity index is 1020. The van der Waals surface area contributed by atoms with E-state index in [4.69, 9.17) is 9.72 Å². The van der Waals surface area contributed by atoms with Gasteiger partial charge in [-0.3, -0.25) is 9.69 Å².